The van der Waals surface area contributed by atoms with Crippen LogP contribution >= 0.6 is 0 Å². The Hall–Kier alpha value is -1.96. The average Bonchev–Trinajstić information content (AvgIpc) is 2.67. The third kappa shape index (κ3) is 6.27. The summed E-state index contributed by atoms with van der Waals surface area (Å²) in [5.41, 5.74) is 0.892. The van der Waals surface area contributed by atoms with Crippen molar-refractivity contribution in [1.82, 2.24) is 0 Å². The summed E-state index contributed by atoms with van der Waals surface area (Å²) in [6, 6.07) is 5.01. The monoisotopic (exact) mass is 422 g/mol. The molecule has 8 heteroatoms. The number of carbonyl (C=O) groups excluding carboxylic acids is 2. The Morgan fingerprint density at radius 1 is 1.27 bits per heavy atom. The molecule has 0 aromatic heterocycles. The van der Waals surface area contributed by atoms with Gasteiger partial charge in [0.25, 0.3) is 5.92 Å². The fourth-order valence-electron chi connectivity index (χ4n) is 4.40. The molecule has 2 aliphatic rings. The summed E-state index contributed by atoms with van der Waals surface area (Å²) in [6.45, 7) is 1.04. The van der Waals surface area contributed by atoms with E-state index >= 15 is 0 Å². The fourth-order valence-corrected chi connectivity index (χ4v) is 4.40. The molecule has 3 rings (SSSR count). The molecule has 1 aliphatic carbocycles. The number of hydrogen-bond donors (Lipinski definition) is 1. The van der Waals surface area contributed by atoms with Gasteiger partial charge in [0.05, 0.1) is 13.0 Å². The normalized spacial score (nSPS) is 19.7. The molecule has 30 heavy (non-hydrogen) atoms. The van der Waals surface area contributed by atoms with Crippen molar-refractivity contribution < 1.29 is 32.8 Å². The lowest BCUT2D eigenvalue weighted by atomic mass is 9.64. The first-order valence-electron chi connectivity index (χ1n) is 10.8. The molecule has 1 heterocycles. The zero-order valence-corrected chi connectivity index (χ0v) is 17.4. The van der Waals surface area contributed by atoms with Crippen LogP contribution in [-0.4, -0.2) is 36.4 Å². The summed E-state index contributed by atoms with van der Waals surface area (Å²) in [5, 5.41) is 10.3. The number of fused-ring (bicyclic) bond motifs is 1. The second-order valence-electron chi connectivity index (χ2n) is 8.68. The predicted molar refractivity (Wildman–Crippen MR) is 109 cm³/mol. The number of para-hydroxylation sites is 1. The predicted octanol–water partition coefficient (Wildman–Crippen LogP) is 4.60. The molecule has 1 N–H and O–H groups in total. The van der Waals surface area contributed by atoms with Gasteiger partial charge in [-0.3, -0.25) is 4.79 Å². The second kappa shape index (κ2) is 9.90. The quantitative estimate of drug-likeness (QED) is 0.490. The number of rotatable bonds is 8. The van der Waals surface area contributed by atoms with Crippen LogP contribution in [0.1, 0.15) is 74.2 Å². The number of ketones is 1. The van der Waals surface area contributed by atoms with E-state index < -0.39 is 37.0 Å². The first-order valence-corrected chi connectivity index (χ1v) is 10.8. The largest absolute Gasteiger partial charge is 0.535 e. The van der Waals surface area contributed by atoms with Gasteiger partial charge in [0, 0.05) is 12.2 Å². The molecule has 0 spiro atoms. The van der Waals surface area contributed by atoms with Gasteiger partial charge in [-0.25, -0.2) is 13.6 Å². The summed E-state index contributed by atoms with van der Waals surface area (Å²) in [4.78, 5) is 24.4. The Morgan fingerprint density at radius 3 is 2.70 bits per heavy atom. The second-order valence-corrected chi connectivity index (χ2v) is 8.68. The molecule has 0 unspecified atom stereocenters. The Labute approximate surface area is 176 Å². The van der Waals surface area contributed by atoms with E-state index in [0.29, 0.717) is 25.0 Å². The highest BCUT2D eigenvalue weighted by atomic mass is 19.3. The molecule has 1 aliphatic heterocycles. The third-order valence-corrected chi connectivity index (χ3v) is 5.92. The van der Waals surface area contributed by atoms with E-state index in [0.717, 1.165) is 6.42 Å². The van der Waals surface area contributed by atoms with Gasteiger partial charge >= 0.3 is 13.1 Å². The lowest BCUT2D eigenvalue weighted by molar-refractivity contribution is -0.125. The summed E-state index contributed by atoms with van der Waals surface area (Å²) in [7, 11) is -1.34. The average molecular weight is 422 g/mol. The number of halogens is 2. The van der Waals surface area contributed by atoms with E-state index in [-0.39, 0.29) is 24.2 Å². The number of hydrogen-bond acceptors (Lipinski definition) is 5. The van der Waals surface area contributed by atoms with Crippen LogP contribution in [0.5, 0.6) is 5.75 Å². The van der Waals surface area contributed by atoms with Crippen LogP contribution < -0.4 is 4.65 Å². The van der Waals surface area contributed by atoms with Crippen LogP contribution in [0.3, 0.4) is 0 Å². The number of ether oxygens (including phenoxy) is 1. The zero-order chi connectivity index (χ0) is 21.7. The van der Waals surface area contributed by atoms with E-state index in [1.54, 1.807) is 18.2 Å². The van der Waals surface area contributed by atoms with Crippen molar-refractivity contribution in [1.29, 1.82) is 0 Å². The molecule has 0 radical (unpaired) electrons. The maximum Gasteiger partial charge on any atom is 0.526 e. The van der Waals surface area contributed by atoms with Gasteiger partial charge in [0.1, 0.15) is 17.1 Å². The van der Waals surface area contributed by atoms with Crippen molar-refractivity contribution in [2.75, 3.05) is 6.61 Å². The molecule has 1 saturated carbocycles. The smallest absolute Gasteiger partial charge is 0.526 e. The van der Waals surface area contributed by atoms with E-state index in [4.69, 9.17) is 9.39 Å². The van der Waals surface area contributed by atoms with Crippen LogP contribution in [0.4, 0.5) is 8.78 Å². The van der Waals surface area contributed by atoms with Crippen LogP contribution in [0.15, 0.2) is 18.2 Å². The van der Waals surface area contributed by atoms with Gasteiger partial charge in [-0.1, -0.05) is 44.2 Å². The number of benzene rings is 1. The molecule has 0 bridgehead atoms. The summed E-state index contributed by atoms with van der Waals surface area (Å²) < 4.78 is 37.1. The van der Waals surface area contributed by atoms with Crippen LogP contribution in [0.2, 0.25) is 5.82 Å². The van der Waals surface area contributed by atoms with E-state index in [2.05, 4.69) is 0 Å². The van der Waals surface area contributed by atoms with Gasteiger partial charge in [0.2, 0.25) is 0 Å². The summed E-state index contributed by atoms with van der Waals surface area (Å²) in [6.07, 6.45) is 6.13. The molecule has 1 fully saturated rings. The van der Waals surface area contributed by atoms with Crippen molar-refractivity contribution in [2.45, 2.75) is 76.5 Å². The molecule has 5 nitrogen and oxygen atoms in total. The highest BCUT2D eigenvalue weighted by Gasteiger charge is 2.39. The van der Waals surface area contributed by atoms with E-state index in [9.17, 15) is 23.4 Å². The van der Waals surface area contributed by atoms with Crippen molar-refractivity contribution >= 4 is 18.9 Å². The van der Waals surface area contributed by atoms with E-state index in [1.165, 1.54) is 32.1 Å². The van der Waals surface area contributed by atoms with Crippen molar-refractivity contribution in [2.24, 2.45) is 5.92 Å². The minimum atomic E-state index is -3.08. The Kier molecular flexibility index (Phi) is 7.50. The van der Waals surface area contributed by atoms with Crippen LogP contribution in [-0.2, 0) is 16.0 Å². The highest BCUT2D eigenvalue weighted by Crippen LogP contribution is 2.37. The van der Waals surface area contributed by atoms with Crippen molar-refractivity contribution in [3.05, 3.63) is 29.3 Å². The molecular formula is C22H29BF2O5. The van der Waals surface area contributed by atoms with Crippen molar-refractivity contribution in [3.8, 4) is 5.75 Å². The van der Waals surface area contributed by atoms with Gasteiger partial charge in [-0.2, -0.15) is 0 Å². The van der Waals surface area contributed by atoms with E-state index in [1.807, 2.05) is 0 Å². The van der Waals surface area contributed by atoms with Gasteiger partial charge in [-0.15, -0.1) is 0 Å². The van der Waals surface area contributed by atoms with Crippen LogP contribution in [0, 0.1) is 5.92 Å². The van der Waals surface area contributed by atoms with Gasteiger partial charge in [0.15, 0.2) is 0 Å². The maximum atomic E-state index is 13.1. The standard InChI is InChI=1S/C22H29BF2O5/c1-22(24,25)14-18(26)13-17-12-16-8-5-9-19(20(16)30-23(17)28)21(27)29-11-10-15-6-3-2-4-7-15/h5,8-9,15,17,28H,2-4,6-7,10-14H2,1H3/t17-/m1/s1. The Morgan fingerprint density at radius 2 is 2.00 bits per heavy atom. The van der Waals surface area contributed by atoms with Crippen molar-refractivity contribution in [3.63, 3.8) is 0 Å². The topological polar surface area (TPSA) is 72.8 Å². The molecule has 164 valence electrons. The minimum absolute atomic E-state index is 0.208. The third-order valence-electron chi connectivity index (χ3n) is 5.92. The fraction of sp³-hybridized carbons (Fsp3) is 0.636. The minimum Gasteiger partial charge on any atom is -0.535 e. The Bertz CT molecular complexity index is 758. The Balaban J connectivity index is 1.59. The molecule has 1 aromatic rings. The molecule has 0 saturated heterocycles. The number of esters is 1. The summed E-state index contributed by atoms with van der Waals surface area (Å²) >= 11 is 0. The number of alkyl halides is 2. The number of Topliss-reactive ketones (excluding diaryl/α,β-unsaturated/α-hetero) is 1. The highest BCUT2D eigenvalue weighted by molar-refractivity contribution is 6.47. The van der Waals surface area contributed by atoms with Gasteiger partial charge < -0.3 is 14.4 Å². The lowest BCUT2D eigenvalue weighted by Crippen LogP contribution is -2.36. The molecular weight excluding hydrogens is 393 g/mol. The molecule has 1 atom stereocenters. The maximum absolute atomic E-state index is 13.1. The molecule has 1 aromatic carbocycles. The number of carbonyl (C=O) groups is 2. The van der Waals surface area contributed by atoms with Gasteiger partial charge in [-0.05, 0) is 37.3 Å². The summed E-state index contributed by atoms with van der Waals surface area (Å²) in [5.74, 6) is -4.00. The zero-order valence-electron chi connectivity index (χ0n) is 17.4. The first kappa shape index (κ1) is 22.7. The first-order chi connectivity index (χ1) is 14.2. The lowest BCUT2D eigenvalue weighted by Gasteiger charge is -2.28. The molecule has 0 amide bonds. The SMILES string of the molecule is CC(F)(F)CC(=O)C[C@H]1Cc2cccc(C(=O)OCCC3CCCCC3)c2OB1O. The van der Waals surface area contributed by atoms with Crippen LogP contribution in [0.25, 0.3) is 0 Å².